The van der Waals surface area contributed by atoms with Gasteiger partial charge in [0, 0.05) is 5.69 Å². The lowest BCUT2D eigenvalue weighted by atomic mass is 10.1. The van der Waals surface area contributed by atoms with Gasteiger partial charge in [0.1, 0.15) is 34.4 Å². The van der Waals surface area contributed by atoms with Crippen LogP contribution in [0.1, 0.15) is 31.8 Å². The fraction of sp³-hybridized carbons (Fsp3) is 0.0909. The Labute approximate surface area is 189 Å². The first-order chi connectivity index (χ1) is 17.1. The van der Waals surface area contributed by atoms with Gasteiger partial charge in [0.05, 0.1) is 11.0 Å². The third-order valence-electron chi connectivity index (χ3n) is 4.01. The van der Waals surface area contributed by atoms with Gasteiger partial charge in [-0.3, -0.25) is 9.59 Å². The largest absolute Gasteiger partial charge is 0.573 e. The van der Waals surface area contributed by atoms with Gasteiger partial charge in [0.25, 0.3) is 11.8 Å². The molecule has 2 amide bonds. The van der Waals surface area contributed by atoms with E-state index < -0.39 is 88.0 Å². The second-order valence-electron chi connectivity index (χ2n) is 6.38. The van der Waals surface area contributed by atoms with Crippen LogP contribution >= 0.6 is 0 Å². The van der Waals surface area contributed by atoms with Crippen LogP contribution in [0.25, 0.3) is 0 Å². The summed E-state index contributed by atoms with van der Waals surface area (Å²) in [4.78, 5) is 24.4. The second-order valence-corrected chi connectivity index (χ2v) is 6.38. The Hall–Kier alpha value is -4.15. The number of benzene rings is 3. The zero-order chi connectivity index (χ0) is 27.8. The van der Waals surface area contributed by atoms with Crippen LogP contribution < -0.4 is 20.5 Å². The van der Waals surface area contributed by atoms with E-state index in [0.717, 1.165) is 18.2 Å². The summed E-state index contributed by atoms with van der Waals surface area (Å²) in [5.74, 6) is -7.25. The fourth-order valence-electron chi connectivity index (χ4n) is 2.54. The van der Waals surface area contributed by atoms with Crippen LogP contribution in [0, 0.1) is 18.6 Å². The molecule has 0 atom stereocenters. The normalized spacial score (nSPS) is 12.8. The molecule has 3 rings (SSSR count). The molecule has 6 nitrogen and oxygen atoms in total. The highest BCUT2D eigenvalue weighted by atomic mass is 19.4. The summed E-state index contributed by atoms with van der Waals surface area (Å²) in [5.41, 5.74) is 3.10. The smallest absolute Gasteiger partial charge is 0.456 e. The van der Waals surface area contributed by atoms with Crippen LogP contribution in [-0.2, 0) is 0 Å². The number of alkyl halides is 3. The molecule has 0 radical (unpaired) electrons. The summed E-state index contributed by atoms with van der Waals surface area (Å²) >= 11 is 0. The molecule has 0 aromatic heterocycles. The van der Waals surface area contributed by atoms with Crippen molar-refractivity contribution in [2.75, 3.05) is 5.32 Å². The molecule has 0 bridgehead atoms. The molecule has 0 unspecified atom stereocenters. The molecular formula is C22H15F5N2O4. The predicted octanol–water partition coefficient (Wildman–Crippen LogP) is 5.32. The molecule has 33 heavy (non-hydrogen) atoms. The number of amides is 2. The van der Waals surface area contributed by atoms with E-state index in [-0.39, 0.29) is 5.56 Å². The van der Waals surface area contributed by atoms with Gasteiger partial charge < -0.3 is 20.5 Å². The van der Waals surface area contributed by atoms with Crippen molar-refractivity contribution in [3.8, 4) is 17.2 Å². The van der Waals surface area contributed by atoms with Crippen LogP contribution in [0.5, 0.6) is 17.2 Å². The second kappa shape index (κ2) is 9.15. The van der Waals surface area contributed by atoms with Crippen molar-refractivity contribution < 1.29 is 46.5 Å². The number of nitrogens with two attached hydrogens (primary N) is 1. The van der Waals surface area contributed by atoms with Crippen LogP contribution in [0.2, 0.25) is 0 Å². The quantitative estimate of drug-likeness (QED) is 0.478. The fourth-order valence-corrected chi connectivity index (χ4v) is 2.54. The van der Waals surface area contributed by atoms with E-state index in [2.05, 4.69) is 10.1 Å². The summed E-state index contributed by atoms with van der Waals surface area (Å²) in [7, 11) is 0. The molecule has 0 saturated heterocycles. The molecule has 3 aromatic carbocycles. The number of carbonyl (C=O) groups is 2. The van der Waals surface area contributed by atoms with Crippen molar-refractivity contribution in [2.45, 2.75) is 13.3 Å². The Morgan fingerprint density at radius 3 is 2.39 bits per heavy atom. The number of anilines is 1. The molecular weight excluding hydrogens is 451 g/mol. The van der Waals surface area contributed by atoms with E-state index in [1.807, 2.05) is 0 Å². The Balaban J connectivity index is 2.05. The molecule has 0 aliphatic heterocycles. The highest BCUT2D eigenvalue weighted by Crippen LogP contribution is 2.32. The first-order valence-electron chi connectivity index (χ1n) is 10.9. The Bertz CT molecular complexity index is 1430. The van der Waals surface area contributed by atoms with Gasteiger partial charge in [-0.25, -0.2) is 8.78 Å². The van der Waals surface area contributed by atoms with Crippen LogP contribution in [0.3, 0.4) is 0 Å². The summed E-state index contributed by atoms with van der Waals surface area (Å²) in [6.45, 7) is 1.28. The van der Waals surface area contributed by atoms with Crippen molar-refractivity contribution in [1.82, 2.24) is 0 Å². The molecule has 3 aromatic rings. The van der Waals surface area contributed by atoms with Gasteiger partial charge in [-0.15, -0.1) is 13.2 Å². The number of aryl methyl sites for hydroxylation is 1. The third kappa shape index (κ3) is 5.76. The molecule has 172 valence electrons. The molecule has 0 saturated carbocycles. The summed E-state index contributed by atoms with van der Waals surface area (Å²) in [6.07, 6.45) is -5.20. The summed E-state index contributed by atoms with van der Waals surface area (Å²) in [6, 6.07) is 0.513. The number of carbonyl (C=O) groups excluding carboxylic acids is 2. The maximum absolute atomic E-state index is 15.0. The Morgan fingerprint density at radius 1 is 1.03 bits per heavy atom. The highest BCUT2D eigenvalue weighted by molar-refractivity contribution is 6.07. The van der Waals surface area contributed by atoms with E-state index in [1.54, 1.807) is 0 Å². The SMILES string of the molecule is [2H]c1cc(F)c(C(N)=O)cc1NC(=O)c1c(Oc2c([2H])cc(OC(F)(F)F)c([2H])c2[2H])ccc(C)c1F. The number of hydrogen-bond donors (Lipinski definition) is 2. The Morgan fingerprint density at radius 2 is 1.73 bits per heavy atom. The van der Waals surface area contributed by atoms with Gasteiger partial charge in [0.15, 0.2) is 0 Å². The minimum Gasteiger partial charge on any atom is -0.456 e. The maximum Gasteiger partial charge on any atom is 0.573 e. The predicted molar refractivity (Wildman–Crippen MR) is 107 cm³/mol. The van der Waals surface area contributed by atoms with Gasteiger partial charge in [-0.2, -0.15) is 0 Å². The lowest BCUT2D eigenvalue weighted by Crippen LogP contribution is -2.18. The highest BCUT2D eigenvalue weighted by Gasteiger charge is 2.31. The van der Waals surface area contributed by atoms with Gasteiger partial charge in [-0.1, -0.05) is 6.07 Å². The van der Waals surface area contributed by atoms with Gasteiger partial charge in [0.2, 0.25) is 0 Å². The van der Waals surface area contributed by atoms with E-state index >= 15 is 4.39 Å². The number of rotatable bonds is 6. The third-order valence-corrected chi connectivity index (χ3v) is 4.01. The number of ether oxygens (including phenoxy) is 2. The number of primary amides is 1. The van der Waals surface area contributed by atoms with E-state index in [4.69, 9.17) is 16.0 Å². The standard InChI is InChI=1S/C22H15F5N2O4/c1-11-2-9-17(32-13-4-6-14(7-5-13)33-22(25,26)27)18(19(11)24)21(31)29-12-3-8-16(23)15(10-12)20(28)30/h2-10H,1H3,(H2,28,30)(H,29,31)/i3D,4D,5D,6D. The molecule has 3 N–H and O–H groups in total. The van der Waals surface area contributed by atoms with E-state index in [0.29, 0.717) is 12.1 Å². The first kappa shape index (κ1) is 18.4. The zero-order valence-electron chi connectivity index (χ0n) is 20.5. The average Bonchev–Trinajstić information content (AvgIpc) is 2.77. The first-order valence-corrected chi connectivity index (χ1v) is 8.85. The molecule has 0 aliphatic carbocycles. The van der Waals surface area contributed by atoms with Crippen molar-refractivity contribution >= 4 is 17.5 Å². The minimum atomic E-state index is -5.20. The summed E-state index contributed by atoms with van der Waals surface area (Å²) in [5, 5.41) is 2.12. The van der Waals surface area contributed by atoms with Crippen molar-refractivity contribution in [3.05, 3.63) is 82.8 Å². The minimum absolute atomic E-state index is 0.0622. The lowest BCUT2D eigenvalue weighted by molar-refractivity contribution is -0.274. The van der Waals surface area contributed by atoms with Crippen LogP contribution in [0.15, 0.2) is 54.5 Å². The summed E-state index contributed by atoms with van der Waals surface area (Å²) < 4.78 is 107. The molecule has 11 heteroatoms. The monoisotopic (exact) mass is 470 g/mol. The van der Waals surface area contributed by atoms with E-state index in [1.165, 1.54) is 6.92 Å². The molecule has 0 fully saturated rings. The molecule has 0 aliphatic rings. The van der Waals surface area contributed by atoms with Gasteiger partial charge >= 0.3 is 6.36 Å². The van der Waals surface area contributed by atoms with E-state index in [9.17, 15) is 27.2 Å². The van der Waals surface area contributed by atoms with Gasteiger partial charge in [-0.05, 0) is 60.9 Å². The maximum atomic E-state index is 15.0. The zero-order valence-corrected chi connectivity index (χ0v) is 16.5. The number of hydrogen-bond acceptors (Lipinski definition) is 4. The topological polar surface area (TPSA) is 90.7 Å². The molecule has 0 spiro atoms. The Kier molecular flexibility index (Phi) is 5.11. The molecule has 0 heterocycles. The number of nitrogens with one attached hydrogen (secondary N) is 1. The van der Waals surface area contributed by atoms with Crippen molar-refractivity contribution in [3.63, 3.8) is 0 Å². The van der Waals surface area contributed by atoms with Crippen molar-refractivity contribution in [2.24, 2.45) is 5.73 Å². The lowest BCUT2D eigenvalue weighted by Gasteiger charge is -2.15. The average molecular weight is 470 g/mol. The van der Waals surface area contributed by atoms with Crippen LogP contribution in [0.4, 0.5) is 27.6 Å². The van der Waals surface area contributed by atoms with Crippen LogP contribution in [-0.4, -0.2) is 18.2 Å². The number of halogens is 5. The van der Waals surface area contributed by atoms with Crippen molar-refractivity contribution in [1.29, 1.82) is 0 Å².